The Bertz CT molecular complexity index is 1010. The zero-order chi connectivity index (χ0) is 20.9. The largest absolute Gasteiger partial charge is 0.347 e. The number of anilines is 3. The zero-order valence-corrected chi connectivity index (χ0v) is 17.9. The van der Waals surface area contributed by atoms with Crippen molar-refractivity contribution >= 4 is 28.1 Å². The zero-order valence-electron chi connectivity index (χ0n) is 17.1. The van der Waals surface area contributed by atoms with Gasteiger partial charge in [0.25, 0.3) is 0 Å². The van der Waals surface area contributed by atoms with Crippen LogP contribution in [0.5, 0.6) is 0 Å². The molecule has 0 spiro atoms. The molecule has 1 fully saturated rings. The van der Waals surface area contributed by atoms with E-state index in [1.54, 1.807) is 23.6 Å². The van der Waals surface area contributed by atoms with E-state index >= 15 is 0 Å². The number of aromatic nitrogens is 4. The minimum atomic E-state index is 0.290. The Morgan fingerprint density at radius 1 is 1.20 bits per heavy atom. The van der Waals surface area contributed by atoms with Gasteiger partial charge in [0.15, 0.2) is 5.13 Å². The van der Waals surface area contributed by atoms with Gasteiger partial charge in [-0.2, -0.15) is 5.26 Å². The molecular weight excluding hydrogens is 396 g/mol. The van der Waals surface area contributed by atoms with Crippen molar-refractivity contribution in [2.24, 2.45) is 0 Å². The van der Waals surface area contributed by atoms with Crippen LogP contribution < -0.4 is 10.2 Å². The first-order valence-electron chi connectivity index (χ1n) is 9.93. The molecule has 1 N–H and O–H groups in total. The quantitative estimate of drug-likeness (QED) is 0.645. The molecule has 0 aliphatic carbocycles. The molecule has 1 aliphatic rings. The predicted octanol–water partition coefficient (Wildman–Crippen LogP) is 3.74. The fourth-order valence-electron chi connectivity index (χ4n) is 3.56. The third-order valence-electron chi connectivity index (χ3n) is 5.08. The van der Waals surface area contributed by atoms with Crippen molar-refractivity contribution in [1.82, 2.24) is 24.8 Å². The molecule has 3 aromatic heterocycles. The lowest BCUT2D eigenvalue weighted by Gasteiger charge is -2.34. The summed E-state index contributed by atoms with van der Waals surface area (Å²) in [6.07, 6.45) is 8.98. The first-order chi connectivity index (χ1) is 14.6. The Balaban J connectivity index is 1.45. The van der Waals surface area contributed by atoms with Crippen LogP contribution in [0.3, 0.4) is 0 Å². The molecule has 1 saturated heterocycles. The van der Waals surface area contributed by atoms with E-state index in [2.05, 4.69) is 30.5 Å². The second-order valence-electron chi connectivity index (χ2n) is 7.51. The molecular formula is C21H24N8S. The first-order valence-corrected chi connectivity index (χ1v) is 10.8. The molecule has 1 aliphatic heterocycles. The third kappa shape index (κ3) is 4.72. The van der Waals surface area contributed by atoms with Crippen molar-refractivity contribution in [2.45, 2.75) is 31.8 Å². The van der Waals surface area contributed by atoms with E-state index in [0.717, 1.165) is 47.5 Å². The number of nitriles is 1. The Morgan fingerprint density at radius 2 is 2.03 bits per heavy atom. The normalized spacial score (nSPS) is 16.8. The number of hydrogen-bond donors (Lipinski definition) is 1. The summed E-state index contributed by atoms with van der Waals surface area (Å²) in [5, 5.41) is 15.1. The number of nitrogens with one attached hydrogen (secondary N) is 1. The molecule has 0 radical (unpaired) electrons. The molecule has 3 aromatic rings. The summed E-state index contributed by atoms with van der Waals surface area (Å²) in [5.41, 5.74) is 3.44. The van der Waals surface area contributed by atoms with E-state index in [0.29, 0.717) is 5.69 Å². The first kappa shape index (κ1) is 20.2. The molecule has 0 bridgehead atoms. The van der Waals surface area contributed by atoms with Gasteiger partial charge in [-0.3, -0.25) is 4.90 Å². The maximum absolute atomic E-state index is 8.88. The summed E-state index contributed by atoms with van der Waals surface area (Å²) in [7, 11) is 3.88. The molecule has 8 nitrogen and oxygen atoms in total. The van der Waals surface area contributed by atoms with Crippen molar-refractivity contribution in [1.29, 1.82) is 5.26 Å². The van der Waals surface area contributed by atoms with Gasteiger partial charge in [-0.15, -0.1) is 11.3 Å². The van der Waals surface area contributed by atoms with Gasteiger partial charge in [0.2, 0.25) is 5.95 Å². The van der Waals surface area contributed by atoms with E-state index in [9.17, 15) is 0 Å². The lowest BCUT2D eigenvalue weighted by Crippen LogP contribution is -2.33. The summed E-state index contributed by atoms with van der Waals surface area (Å²) in [4.78, 5) is 22.2. The Morgan fingerprint density at radius 3 is 2.73 bits per heavy atom. The fraction of sp³-hybridized carbons (Fsp3) is 0.381. The van der Waals surface area contributed by atoms with Crippen LogP contribution in [-0.2, 0) is 6.54 Å². The van der Waals surface area contributed by atoms with Crippen molar-refractivity contribution < 1.29 is 0 Å². The second-order valence-corrected chi connectivity index (χ2v) is 8.37. The number of likely N-dealkylation sites (tertiary alicyclic amines) is 1. The molecule has 4 heterocycles. The van der Waals surface area contributed by atoms with Crippen LogP contribution in [0.1, 0.15) is 42.3 Å². The predicted molar refractivity (Wildman–Crippen MR) is 118 cm³/mol. The lowest BCUT2D eigenvalue weighted by atomic mass is 9.99. The summed E-state index contributed by atoms with van der Waals surface area (Å²) in [6.45, 7) is 1.86. The third-order valence-corrected chi connectivity index (χ3v) is 5.86. The molecule has 0 aromatic carbocycles. The van der Waals surface area contributed by atoms with Crippen LogP contribution in [0, 0.1) is 11.3 Å². The summed E-state index contributed by atoms with van der Waals surface area (Å²) < 4.78 is 0. The number of piperidine rings is 1. The van der Waals surface area contributed by atoms with E-state index < -0.39 is 0 Å². The molecule has 4 rings (SSSR count). The highest BCUT2D eigenvalue weighted by atomic mass is 32.1. The Hall–Kier alpha value is -3.09. The number of rotatable bonds is 6. The van der Waals surface area contributed by atoms with Crippen molar-refractivity contribution in [2.75, 3.05) is 30.9 Å². The molecule has 0 amide bonds. The highest BCUT2D eigenvalue weighted by molar-refractivity contribution is 7.13. The summed E-state index contributed by atoms with van der Waals surface area (Å²) >= 11 is 1.59. The molecule has 0 unspecified atom stereocenters. The van der Waals surface area contributed by atoms with Gasteiger partial charge in [-0.1, -0.05) is 6.42 Å². The van der Waals surface area contributed by atoms with Crippen LogP contribution in [0.2, 0.25) is 0 Å². The fourth-order valence-corrected chi connectivity index (χ4v) is 4.34. The standard InChI is InChI=1S/C21H24N8S/c1-28(2)20-24-10-15(11-25-20)13-29-8-4-3-5-19(29)18-14-30-21(27-18)26-17-7-6-16(9-22)23-12-17/h6-7,10-12,14,19H,3-5,8,13H2,1-2H3,(H,26,27)/t19-/m1/s1. The van der Waals surface area contributed by atoms with Gasteiger partial charge >= 0.3 is 0 Å². The highest BCUT2D eigenvalue weighted by Gasteiger charge is 2.26. The van der Waals surface area contributed by atoms with Crippen LogP contribution in [-0.4, -0.2) is 45.5 Å². The average molecular weight is 421 g/mol. The summed E-state index contributed by atoms with van der Waals surface area (Å²) in [6, 6.07) is 5.86. The van der Waals surface area contributed by atoms with E-state index in [1.165, 1.54) is 12.8 Å². The van der Waals surface area contributed by atoms with Crippen molar-refractivity contribution in [3.8, 4) is 6.07 Å². The van der Waals surface area contributed by atoms with Gasteiger partial charge in [-0.05, 0) is 31.5 Å². The minimum absolute atomic E-state index is 0.290. The van der Waals surface area contributed by atoms with Crippen molar-refractivity contribution in [3.63, 3.8) is 0 Å². The van der Waals surface area contributed by atoms with E-state index in [4.69, 9.17) is 10.2 Å². The minimum Gasteiger partial charge on any atom is -0.347 e. The van der Waals surface area contributed by atoms with E-state index in [1.807, 2.05) is 43.5 Å². The van der Waals surface area contributed by atoms with Crippen LogP contribution in [0.25, 0.3) is 0 Å². The smallest absolute Gasteiger partial charge is 0.224 e. The molecule has 154 valence electrons. The topological polar surface area (TPSA) is 93.9 Å². The van der Waals surface area contributed by atoms with Crippen LogP contribution in [0.15, 0.2) is 36.1 Å². The van der Waals surface area contributed by atoms with Gasteiger partial charge < -0.3 is 10.2 Å². The number of hydrogen-bond acceptors (Lipinski definition) is 9. The van der Waals surface area contributed by atoms with Crippen molar-refractivity contribution in [3.05, 3.63) is 53.1 Å². The number of thiazole rings is 1. The molecule has 1 atom stereocenters. The monoisotopic (exact) mass is 420 g/mol. The van der Waals surface area contributed by atoms with Crippen LogP contribution >= 0.6 is 11.3 Å². The lowest BCUT2D eigenvalue weighted by molar-refractivity contribution is 0.137. The van der Waals surface area contributed by atoms with Crippen LogP contribution in [0.4, 0.5) is 16.8 Å². The Labute approximate surface area is 180 Å². The van der Waals surface area contributed by atoms with Gasteiger partial charge in [0.1, 0.15) is 11.8 Å². The van der Waals surface area contributed by atoms with Gasteiger partial charge in [-0.25, -0.2) is 19.9 Å². The van der Waals surface area contributed by atoms with E-state index in [-0.39, 0.29) is 6.04 Å². The second kappa shape index (κ2) is 9.15. The molecule has 9 heteroatoms. The average Bonchev–Trinajstić information content (AvgIpc) is 3.23. The number of pyridine rings is 1. The highest BCUT2D eigenvalue weighted by Crippen LogP contribution is 2.34. The van der Waals surface area contributed by atoms with Gasteiger partial charge in [0.05, 0.1) is 23.6 Å². The molecule has 30 heavy (non-hydrogen) atoms. The maximum Gasteiger partial charge on any atom is 0.224 e. The number of nitrogens with zero attached hydrogens (tertiary/aromatic N) is 7. The summed E-state index contributed by atoms with van der Waals surface area (Å²) in [5.74, 6) is 0.724. The van der Waals surface area contributed by atoms with Gasteiger partial charge in [0, 0.05) is 44.0 Å². The maximum atomic E-state index is 8.88. The molecule has 0 saturated carbocycles. The SMILES string of the molecule is CN(C)c1ncc(CN2CCCC[C@@H]2c2csc(Nc3ccc(C#N)nc3)n2)cn1. The Kier molecular flexibility index (Phi) is 6.16.